The van der Waals surface area contributed by atoms with Crippen LogP contribution in [0.5, 0.6) is 5.75 Å². The van der Waals surface area contributed by atoms with Crippen molar-refractivity contribution in [3.05, 3.63) is 23.8 Å². The third kappa shape index (κ3) is 4.91. The largest absolute Gasteiger partial charge is 0.490 e. The van der Waals surface area contributed by atoms with Gasteiger partial charge in [-0.1, -0.05) is 19.9 Å². The lowest BCUT2D eigenvalue weighted by Gasteiger charge is -2.30. The summed E-state index contributed by atoms with van der Waals surface area (Å²) in [4.78, 5) is 12.8. The molecule has 0 aromatic heterocycles. The van der Waals surface area contributed by atoms with E-state index in [0.29, 0.717) is 13.2 Å². The molecule has 1 aromatic rings. The molecule has 2 rings (SSSR count). The molecule has 1 aliphatic rings. The zero-order chi connectivity index (χ0) is 15.9. The average molecular weight is 306 g/mol. The number of hydrogen-bond donors (Lipinski definition) is 2. The van der Waals surface area contributed by atoms with E-state index in [1.54, 1.807) is 0 Å². The van der Waals surface area contributed by atoms with Gasteiger partial charge in [-0.15, -0.1) is 0 Å². The predicted molar refractivity (Wildman–Crippen MR) is 87.8 cm³/mol. The molecule has 22 heavy (non-hydrogen) atoms. The van der Waals surface area contributed by atoms with Gasteiger partial charge in [0.05, 0.1) is 12.2 Å². The molecule has 2 N–H and O–H groups in total. The van der Waals surface area contributed by atoms with Crippen LogP contribution in [0, 0.1) is 5.92 Å². The molecule has 1 heterocycles. The van der Waals surface area contributed by atoms with E-state index in [1.807, 2.05) is 11.0 Å². The lowest BCUT2D eigenvalue weighted by Crippen LogP contribution is -2.36. The Morgan fingerprint density at radius 2 is 2.23 bits per heavy atom. The van der Waals surface area contributed by atoms with E-state index >= 15 is 0 Å². The van der Waals surface area contributed by atoms with E-state index in [4.69, 9.17) is 9.84 Å². The maximum absolute atomic E-state index is 11.0. The Balaban J connectivity index is 1.92. The molecule has 0 saturated carbocycles. The quantitative estimate of drug-likeness (QED) is 0.721. The van der Waals surface area contributed by atoms with Crippen molar-refractivity contribution < 1.29 is 14.6 Å². The lowest BCUT2D eigenvalue weighted by atomic mass is 10.1. The first-order valence-corrected chi connectivity index (χ1v) is 7.99. The van der Waals surface area contributed by atoms with Gasteiger partial charge in [-0.2, -0.15) is 0 Å². The van der Waals surface area contributed by atoms with Gasteiger partial charge < -0.3 is 20.1 Å². The summed E-state index contributed by atoms with van der Waals surface area (Å²) in [6.45, 7) is 7.60. The minimum atomic E-state index is -0.811. The monoisotopic (exact) mass is 306 g/mol. The molecule has 0 fully saturated rings. The standard InChI is InChI=1S/C17H26N2O3/c1-13(2)5-7-18-8-6-14-3-4-16-15(11-14)19(9-10-22-16)12-17(20)21/h3-4,11,13,18H,5-10,12H2,1-2H3,(H,20,21). The number of hydrogen-bond acceptors (Lipinski definition) is 4. The third-order valence-corrected chi connectivity index (χ3v) is 3.80. The third-order valence-electron chi connectivity index (χ3n) is 3.80. The van der Waals surface area contributed by atoms with Crippen LogP contribution in [0.1, 0.15) is 25.8 Å². The van der Waals surface area contributed by atoms with Gasteiger partial charge in [0.2, 0.25) is 0 Å². The number of anilines is 1. The first-order chi connectivity index (χ1) is 10.6. The number of aliphatic carboxylic acids is 1. The van der Waals surface area contributed by atoms with Crippen LogP contribution in [-0.4, -0.2) is 43.9 Å². The summed E-state index contributed by atoms with van der Waals surface area (Å²) in [6, 6.07) is 6.07. The fourth-order valence-corrected chi connectivity index (χ4v) is 2.55. The molecule has 0 spiro atoms. The summed E-state index contributed by atoms with van der Waals surface area (Å²) >= 11 is 0. The highest BCUT2D eigenvalue weighted by molar-refractivity contribution is 5.75. The summed E-state index contributed by atoms with van der Waals surface area (Å²) in [5.74, 6) is 0.690. The Morgan fingerprint density at radius 3 is 2.95 bits per heavy atom. The molecule has 0 bridgehead atoms. The molecule has 5 heteroatoms. The first-order valence-electron chi connectivity index (χ1n) is 7.99. The SMILES string of the molecule is CC(C)CCNCCc1ccc2c(c1)N(CC(=O)O)CCO2. The molecule has 5 nitrogen and oxygen atoms in total. The molecule has 0 amide bonds. The number of benzene rings is 1. The van der Waals surface area contributed by atoms with E-state index in [-0.39, 0.29) is 6.54 Å². The van der Waals surface area contributed by atoms with Crippen molar-refractivity contribution in [2.75, 3.05) is 37.7 Å². The fraction of sp³-hybridized carbons (Fsp3) is 0.588. The molecule has 0 atom stereocenters. The van der Waals surface area contributed by atoms with Crippen LogP contribution in [0.3, 0.4) is 0 Å². The molecule has 1 aliphatic heterocycles. The number of nitrogens with one attached hydrogen (secondary N) is 1. The normalized spacial score (nSPS) is 13.9. The van der Waals surface area contributed by atoms with Crippen LogP contribution >= 0.6 is 0 Å². The van der Waals surface area contributed by atoms with Gasteiger partial charge in [-0.05, 0) is 49.5 Å². The summed E-state index contributed by atoms with van der Waals surface area (Å²) in [5.41, 5.74) is 2.10. The van der Waals surface area contributed by atoms with Crippen molar-refractivity contribution in [3.63, 3.8) is 0 Å². The number of carbonyl (C=O) groups is 1. The number of fused-ring (bicyclic) bond motifs is 1. The topological polar surface area (TPSA) is 61.8 Å². The van der Waals surface area contributed by atoms with E-state index in [9.17, 15) is 4.79 Å². The fourth-order valence-electron chi connectivity index (χ4n) is 2.55. The van der Waals surface area contributed by atoms with E-state index in [1.165, 1.54) is 12.0 Å². The van der Waals surface area contributed by atoms with Gasteiger partial charge in [0.1, 0.15) is 18.9 Å². The molecular formula is C17H26N2O3. The number of carboxylic acids is 1. The van der Waals surface area contributed by atoms with Crippen molar-refractivity contribution in [2.24, 2.45) is 5.92 Å². The highest BCUT2D eigenvalue weighted by Gasteiger charge is 2.20. The lowest BCUT2D eigenvalue weighted by molar-refractivity contribution is -0.135. The molecule has 0 saturated heterocycles. The van der Waals surface area contributed by atoms with Crippen LogP contribution in [0.2, 0.25) is 0 Å². The van der Waals surface area contributed by atoms with Crippen molar-refractivity contribution in [3.8, 4) is 5.75 Å². The summed E-state index contributed by atoms with van der Waals surface area (Å²) in [5, 5.41) is 12.5. The number of rotatable bonds is 8. The minimum Gasteiger partial charge on any atom is -0.490 e. The highest BCUT2D eigenvalue weighted by atomic mass is 16.5. The van der Waals surface area contributed by atoms with Gasteiger partial charge >= 0.3 is 5.97 Å². The molecule has 1 aromatic carbocycles. The van der Waals surface area contributed by atoms with Crippen LogP contribution in [-0.2, 0) is 11.2 Å². The Labute approximate surface area is 132 Å². The number of nitrogens with zero attached hydrogens (tertiary/aromatic N) is 1. The Kier molecular flexibility index (Phi) is 6.07. The summed E-state index contributed by atoms with van der Waals surface area (Å²) in [6.07, 6.45) is 2.12. The second-order valence-electron chi connectivity index (χ2n) is 6.15. The first kappa shape index (κ1) is 16.6. The molecule has 122 valence electrons. The zero-order valence-electron chi connectivity index (χ0n) is 13.5. The smallest absolute Gasteiger partial charge is 0.323 e. The number of carboxylic acid groups (broad SMARTS) is 1. The maximum atomic E-state index is 11.0. The van der Waals surface area contributed by atoms with Crippen LogP contribution < -0.4 is 15.0 Å². The van der Waals surface area contributed by atoms with Crippen molar-refractivity contribution >= 4 is 11.7 Å². The second kappa shape index (κ2) is 8.03. The van der Waals surface area contributed by atoms with Crippen LogP contribution in [0.4, 0.5) is 5.69 Å². The van der Waals surface area contributed by atoms with Crippen molar-refractivity contribution in [2.45, 2.75) is 26.7 Å². The Hall–Kier alpha value is -1.75. The van der Waals surface area contributed by atoms with Gasteiger partial charge in [0, 0.05) is 0 Å². The average Bonchev–Trinajstić information content (AvgIpc) is 2.46. The Morgan fingerprint density at radius 1 is 1.41 bits per heavy atom. The van der Waals surface area contributed by atoms with Gasteiger partial charge in [0.25, 0.3) is 0 Å². The predicted octanol–water partition coefficient (Wildman–Crippen LogP) is 2.15. The molecular weight excluding hydrogens is 280 g/mol. The van der Waals surface area contributed by atoms with Gasteiger partial charge in [-0.25, -0.2) is 0 Å². The molecule has 0 radical (unpaired) electrons. The zero-order valence-corrected chi connectivity index (χ0v) is 13.5. The molecule has 0 aliphatic carbocycles. The van der Waals surface area contributed by atoms with Crippen molar-refractivity contribution in [1.82, 2.24) is 5.32 Å². The van der Waals surface area contributed by atoms with E-state index in [2.05, 4.69) is 31.3 Å². The summed E-state index contributed by atoms with van der Waals surface area (Å²) in [7, 11) is 0. The van der Waals surface area contributed by atoms with Crippen molar-refractivity contribution in [1.29, 1.82) is 0 Å². The van der Waals surface area contributed by atoms with E-state index < -0.39 is 5.97 Å². The highest BCUT2D eigenvalue weighted by Crippen LogP contribution is 2.32. The Bertz CT molecular complexity index is 503. The van der Waals surface area contributed by atoms with Gasteiger partial charge in [0.15, 0.2) is 0 Å². The van der Waals surface area contributed by atoms with Crippen LogP contribution in [0.25, 0.3) is 0 Å². The maximum Gasteiger partial charge on any atom is 0.323 e. The number of ether oxygens (including phenoxy) is 1. The van der Waals surface area contributed by atoms with Gasteiger partial charge in [-0.3, -0.25) is 4.79 Å². The second-order valence-corrected chi connectivity index (χ2v) is 6.15. The summed E-state index contributed by atoms with van der Waals surface area (Å²) < 4.78 is 5.61. The van der Waals surface area contributed by atoms with Crippen LogP contribution in [0.15, 0.2) is 18.2 Å². The molecule has 0 unspecified atom stereocenters. The van der Waals surface area contributed by atoms with E-state index in [0.717, 1.165) is 36.9 Å². The minimum absolute atomic E-state index is 0.0203.